The minimum Gasteiger partial charge on any atom is -0.339 e. The topological polar surface area (TPSA) is 25.2 Å². The standard InChI is InChI=1S/C23H20N2OS4/c1-12-4-5-13(2)24(12)15-8-17-18(9-15)28-22(27-17)23-29-19-10-16(11-20(19)30-23)25-14(3)6-7-21(25)26/h4-7,15-16H,1-3,8-11H2. The van der Waals surface area contributed by atoms with E-state index >= 15 is 0 Å². The molecule has 0 unspecified atom stereocenters. The van der Waals surface area contributed by atoms with E-state index in [2.05, 4.69) is 36.4 Å². The van der Waals surface area contributed by atoms with E-state index in [4.69, 9.17) is 0 Å². The lowest BCUT2D eigenvalue weighted by Gasteiger charge is -2.26. The molecule has 30 heavy (non-hydrogen) atoms. The maximum atomic E-state index is 12.1. The molecule has 5 aliphatic rings. The third kappa shape index (κ3) is 2.97. The summed E-state index contributed by atoms with van der Waals surface area (Å²) < 4.78 is 5.17. The maximum Gasteiger partial charge on any atom is 0.251 e. The highest BCUT2D eigenvalue weighted by atomic mass is 32.2. The van der Waals surface area contributed by atoms with Gasteiger partial charge in [-0.3, -0.25) is 4.79 Å². The predicted octanol–water partition coefficient (Wildman–Crippen LogP) is 5.23. The van der Waals surface area contributed by atoms with Crippen LogP contribution in [0.2, 0.25) is 0 Å². The number of amides is 1. The summed E-state index contributed by atoms with van der Waals surface area (Å²) in [6.07, 6.45) is 7.53. The summed E-state index contributed by atoms with van der Waals surface area (Å²) in [4.78, 5) is 20.0. The van der Waals surface area contributed by atoms with Crippen molar-refractivity contribution in [2.45, 2.75) is 37.8 Å². The molecular formula is C23H20N2OS4. The van der Waals surface area contributed by atoms with E-state index in [0.29, 0.717) is 6.04 Å². The molecule has 1 amide bonds. The van der Waals surface area contributed by atoms with Crippen LogP contribution in [0, 0.1) is 0 Å². The van der Waals surface area contributed by atoms with Crippen molar-refractivity contribution in [2.75, 3.05) is 0 Å². The lowest BCUT2D eigenvalue weighted by Crippen LogP contribution is -2.33. The molecule has 7 heteroatoms. The van der Waals surface area contributed by atoms with Gasteiger partial charge in [-0.1, -0.05) is 66.8 Å². The van der Waals surface area contributed by atoms with E-state index in [-0.39, 0.29) is 11.9 Å². The van der Waals surface area contributed by atoms with Crippen LogP contribution in [0.15, 0.2) is 64.7 Å². The van der Waals surface area contributed by atoms with Crippen LogP contribution in [0.1, 0.15) is 31.7 Å². The second-order valence-electron chi connectivity index (χ2n) is 8.02. The van der Waals surface area contributed by atoms with Crippen LogP contribution in [0.4, 0.5) is 0 Å². The smallest absolute Gasteiger partial charge is 0.251 e. The number of nitrogens with zero attached hydrogens (tertiary/aromatic N) is 2. The van der Waals surface area contributed by atoms with Gasteiger partial charge in [0.1, 0.15) is 0 Å². The molecular weight excluding hydrogens is 449 g/mol. The molecule has 0 N–H and O–H groups in total. The molecule has 152 valence electrons. The van der Waals surface area contributed by atoms with Crippen LogP contribution in [0.3, 0.4) is 0 Å². The van der Waals surface area contributed by atoms with Gasteiger partial charge in [0.2, 0.25) is 0 Å². The quantitative estimate of drug-likeness (QED) is 0.592. The Hall–Kier alpha value is -1.41. The largest absolute Gasteiger partial charge is 0.339 e. The van der Waals surface area contributed by atoms with E-state index < -0.39 is 0 Å². The molecule has 3 aliphatic heterocycles. The molecule has 2 aliphatic carbocycles. The van der Waals surface area contributed by atoms with Crippen molar-refractivity contribution in [3.63, 3.8) is 0 Å². The minimum atomic E-state index is 0.0791. The summed E-state index contributed by atoms with van der Waals surface area (Å²) in [6.45, 7) is 12.4. The summed E-state index contributed by atoms with van der Waals surface area (Å²) in [5.41, 5.74) is 0.829. The number of thioether (sulfide) groups is 4. The molecule has 0 aromatic carbocycles. The van der Waals surface area contributed by atoms with E-state index in [9.17, 15) is 4.79 Å². The zero-order valence-electron chi connectivity index (χ0n) is 16.3. The third-order valence-electron chi connectivity index (χ3n) is 6.12. The Kier molecular flexibility index (Phi) is 4.53. The first-order chi connectivity index (χ1) is 14.5. The molecule has 0 atom stereocenters. The Labute approximate surface area is 192 Å². The second-order valence-corrected chi connectivity index (χ2v) is 13.0. The molecule has 1 aromatic rings. The number of rotatable bonds is 2. The van der Waals surface area contributed by atoms with E-state index in [0.717, 1.165) is 42.1 Å². The van der Waals surface area contributed by atoms with Gasteiger partial charge in [-0.2, -0.15) is 0 Å². The molecule has 0 spiro atoms. The van der Waals surface area contributed by atoms with Gasteiger partial charge in [-0.05, 0) is 18.2 Å². The normalized spacial score (nSPS) is 24.5. The minimum absolute atomic E-state index is 0.0791. The summed E-state index contributed by atoms with van der Waals surface area (Å²) in [5.74, 6) is 0.0791. The Bertz CT molecular complexity index is 1160. The maximum absolute atomic E-state index is 12.1. The predicted molar refractivity (Wildman–Crippen MR) is 133 cm³/mol. The summed E-state index contributed by atoms with van der Waals surface area (Å²) in [5, 5.41) is 2.12. The average Bonchev–Trinajstić information content (AvgIpc) is 3.47. The molecule has 0 radical (unpaired) electrons. The van der Waals surface area contributed by atoms with Crippen molar-refractivity contribution in [1.29, 1.82) is 0 Å². The number of carbonyl (C=O) groups is 1. The highest BCUT2D eigenvalue weighted by molar-refractivity contribution is 8.34. The van der Waals surface area contributed by atoms with Crippen molar-refractivity contribution in [1.82, 2.24) is 9.47 Å². The zero-order valence-corrected chi connectivity index (χ0v) is 19.6. The first kappa shape index (κ1) is 19.3. The van der Waals surface area contributed by atoms with E-state index in [1.165, 1.54) is 28.1 Å². The van der Waals surface area contributed by atoms with Gasteiger partial charge in [0.25, 0.3) is 5.91 Å². The Morgan fingerprint density at radius 3 is 1.63 bits per heavy atom. The lowest BCUT2D eigenvalue weighted by atomic mass is 10.2. The van der Waals surface area contributed by atoms with Crippen molar-refractivity contribution in [3.05, 3.63) is 75.4 Å². The van der Waals surface area contributed by atoms with E-state index in [1.54, 1.807) is 6.08 Å². The number of hydrogen-bond donors (Lipinski definition) is 0. The zero-order chi connectivity index (χ0) is 20.6. The van der Waals surface area contributed by atoms with Gasteiger partial charge >= 0.3 is 0 Å². The van der Waals surface area contributed by atoms with Gasteiger partial charge in [0.05, 0.1) is 8.47 Å². The van der Waals surface area contributed by atoms with Crippen molar-refractivity contribution >= 4 is 66.1 Å². The molecule has 0 bridgehead atoms. The molecule has 0 fully saturated rings. The fourth-order valence-corrected chi connectivity index (χ4v) is 10.9. The molecule has 3 nitrogen and oxygen atoms in total. The molecule has 1 aromatic heterocycles. The van der Waals surface area contributed by atoms with Crippen LogP contribution in [-0.2, 0) is 4.79 Å². The van der Waals surface area contributed by atoms with Crippen molar-refractivity contribution in [3.8, 4) is 0 Å². The number of carbonyl (C=O) groups excluding carboxylic acids is 1. The summed E-state index contributed by atoms with van der Waals surface area (Å²) in [6, 6.07) is 4.82. The van der Waals surface area contributed by atoms with Crippen molar-refractivity contribution < 1.29 is 4.79 Å². The summed E-state index contributed by atoms with van der Waals surface area (Å²) in [7, 11) is 0. The summed E-state index contributed by atoms with van der Waals surface area (Å²) >= 11 is 7.79. The van der Waals surface area contributed by atoms with Crippen molar-refractivity contribution in [2.24, 2.45) is 0 Å². The lowest BCUT2D eigenvalue weighted by molar-refractivity contribution is -0.124. The third-order valence-corrected chi connectivity index (χ3v) is 12.1. The first-order valence-corrected chi connectivity index (χ1v) is 13.2. The fraction of sp³-hybridized carbons (Fsp3) is 0.261. The second kappa shape index (κ2) is 7.05. The Morgan fingerprint density at radius 1 is 0.733 bits per heavy atom. The SMILES string of the molecule is C=C1C=CC(=O)N1C1CC2=C(C1)SC(=C1SC3=C(CC(n4c(=C)ccc4=C)C3)S1)S2. The highest BCUT2D eigenvalue weighted by Gasteiger charge is 2.40. The fourth-order valence-electron chi connectivity index (χ4n) is 4.76. The molecule has 6 rings (SSSR count). The molecule has 0 saturated heterocycles. The van der Waals surface area contributed by atoms with E-state index in [1.807, 2.05) is 58.0 Å². The van der Waals surface area contributed by atoms with Gasteiger partial charge in [-0.25, -0.2) is 0 Å². The number of hydrogen-bond acceptors (Lipinski definition) is 5. The van der Waals surface area contributed by atoms with Crippen LogP contribution in [0.5, 0.6) is 0 Å². The van der Waals surface area contributed by atoms with Crippen LogP contribution in [0.25, 0.3) is 13.2 Å². The number of aromatic nitrogens is 1. The first-order valence-electron chi connectivity index (χ1n) is 9.93. The molecule has 0 saturated carbocycles. The van der Waals surface area contributed by atoms with Gasteiger partial charge < -0.3 is 9.47 Å². The Balaban J connectivity index is 1.12. The number of allylic oxidation sites excluding steroid dienone is 3. The monoisotopic (exact) mass is 468 g/mol. The Morgan fingerprint density at radius 2 is 1.20 bits per heavy atom. The average molecular weight is 469 g/mol. The van der Waals surface area contributed by atoms with Crippen LogP contribution >= 0.6 is 47.0 Å². The van der Waals surface area contributed by atoms with Gasteiger partial charge in [0, 0.05) is 79.9 Å². The van der Waals surface area contributed by atoms with Gasteiger partial charge in [0.15, 0.2) is 0 Å². The highest BCUT2D eigenvalue weighted by Crippen LogP contribution is 2.66. The molecule has 4 heterocycles. The van der Waals surface area contributed by atoms with Crippen LogP contribution < -0.4 is 10.7 Å². The van der Waals surface area contributed by atoms with Gasteiger partial charge in [-0.15, -0.1) is 0 Å². The van der Waals surface area contributed by atoms with Crippen LogP contribution in [-0.4, -0.2) is 21.4 Å².